The Balaban J connectivity index is 0.000000283. The molecule has 0 atom stereocenters. The van der Waals surface area contributed by atoms with E-state index in [4.69, 9.17) is 0 Å². The Morgan fingerprint density at radius 3 is 2.48 bits per heavy atom. The van der Waals surface area contributed by atoms with Crippen molar-refractivity contribution in [3.63, 3.8) is 0 Å². The number of anilines is 2. The Morgan fingerprint density at radius 1 is 1.05 bits per heavy atom. The van der Waals surface area contributed by atoms with Gasteiger partial charge in [-0.15, -0.1) is 0 Å². The van der Waals surface area contributed by atoms with Crippen LogP contribution in [0.3, 0.4) is 0 Å². The minimum atomic E-state index is -0.335. The Morgan fingerprint density at radius 2 is 1.77 bits per heavy atom. The molecular weight excluding hydrogens is 575 g/mol. The standard InChI is InChI=1S/C22H26FN5O.C8H6BrNO/c1-27-20-8-6-7-19(17(20)15-25-27)26-22(29)24-14-16-9-10-21(18(23)13-16)28-11-4-2-3-5-12-28;9-8-3-1-7(2-4-8)5-10-6-11/h6-10,13,15H,2-5,11-12,14H2,1H3,(H2,24,26,29);1-4H,5H2. The number of amides is 2. The summed E-state index contributed by atoms with van der Waals surface area (Å²) in [6.07, 6.45) is 7.85. The quantitative estimate of drug-likeness (QED) is 0.189. The summed E-state index contributed by atoms with van der Waals surface area (Å²) in [7, 11) is 1.86. The summed E-state index contributed by atoms with van der Waals surface area (Å²) in [6, 6.07) is 18.2. The van der Waals surface area contributed by atoms with E-state index < -0.39 is 0 Å². The van der Waals surface area contributed by atoms with Crippen LogP contribution < -0.4 is 15.5 Å². The first-order chi connectivity index (χ1) is 19.4. The molecule has 1 aromatic heterocycles. The average molecular weight is 608 g/mol. The lowest BCUT2D eigenvalue weighted by Crippen LogP contribution is -2.28. The normalized spacial score (nSPS) is 13.0. The van der Waals surface area contributed by atoms with Crippen LogP contribution in [0.2, 0.25) is 0 Å². The Bertz CT molecular complexity index is 1480. The number of hydrogen-bond donors (Lipinski definition) is 2. The molecule has 1 fully saturated rings. The molecule has 0 spiro atoms. The average Bonchev–Trinajstić information content (AvgIpc) is 3.15. The molecule has 2 N–H and O–H groups in total. The first-order valence-electron chi connectivity index (χ1n) is 13.2. The molecule has 208 valence electrons. The predicted octanol–water partition coefficient (Wildman–Crippen LogP) is 6.70. The zero-order chi connectivity index (χ0) is 28.3. The number of fused-ring (bicyclic) bond motifs is 1. The third-order valence-corrected chi connectivity index (χ3v) is 7.22. The molecule has 0 saturated carbocycles. The number of nitrogens with one attached hydrogen (secondary N) is 2. The van der Waals surface area contributed by atoms with Gasteiger partial charge in [-0.2, -0.15) is 5.10 Å². The SMILES string of the molecule is Cn1ncc2c(NC(=O)NCc3ccc(N4CCCCCC4)c(F)c3)cccc21.O=C=NCc1ccc(Br)cc1. The third kappa shape index (κ3) is 8.00. The molecule has 2 amide bonds. The fourth-order valence-corrected chi connectivity index (χ4v) is 4.84. The van der Waals surface area contributed by atoms with Gasteiger partial charge in [0, 0.05) is 36.5 Å². The van der Waals surface area contributed by atoms with Gasteiger partial charge >= 0.3 is 6.03 Å². The van der Waals surface area contributed by atoms with Gasteiger partial charge in [0.05, 0.1) is 29.6 Å². The molecule has 0 bridgehead atoms. The van der Waals surface area contributed by atoms with Crippen molar-refractivity contribution in [3.05, 3.63) is 88.3 Å². The maximum absolute atomic E-state index is 14.6. The van der Waals surface area contributed by atoms with E-state index in [1.807, 2.05) is 61.6 Å². The summed E-state index contributed by atoms with van der Waals surface area (Å²) >= 11 is 3.31. The lowest BCUT2D eigenvalue weighted by molar-refractivity contribution is 0.251. The van der Waals surface area contributed by atoms with E-state index in [1.165, 1.54) is 25.0 Å². The summed E-state index contributed by atoms with van der Waals surface area (Å²) < 4.78 is 17.4. The van der Waals surface area contributed by atoms with E-state index in [0.29, 0.717) is 17.9 Å². The van der Waals surface area contributed by atoms with Crippen LogP contribution in [0.4, 0.5) is 20.6 Å². The molecule has 0 aliphatic carbocycles. The number of carbonyl (C=O) groups is 1. The van der Waals surface area contributed by atoms with Crippen molar-refractivity contribution >= 4 is 50.3 Å². The van der Waals surface area contributed by atoms with Crippen LogP contribution in [0.5, 0.6) is 0 Å². The van der Waals surface area contributed by atoms with Gasteiger partial charge in [0.2, 0.25) is 6.08 Å². The van der Waals surface area contributed by atoms with Crippen LogP contribution in [0.25, 0.3) is 10.9 Å². The second-order valence-corrected chi connectivity index (χ2v) is 10.5. The fraction of sp³-hybridized carbons (Fsp3) is 0.300. The van der Waals surface area contributed by atoms with Gasteiger partial charge in [-0.1, -0.05) is 53.0 Å². The Labute approximate surface area is 241 Å². The topological polar surface area (TPSA) is 91.6 Å². The molecule has 1 aliphatic heterocycles. The van der Waals surface area contributed by atoms with E-state index >= 15 is 0 Å². The van der Waals surface area contributed by atoms with Crippen LogP contribution in [0.15, 0.2) is 76.3 Å². The molecule has 8 nitrogen and oxygen atoms in total. The van der Waals surface area contributed by atoms with Gasteiger partial charge < -0.3 is 15.5 Å². The summed E-state index contributed by atoms with van der Waals surface area (Å²) in [6.45, 7) is 2.47. The lowest BCUT2D eigenvalue weighted by Gasteiger charge is -2.23. The summed E-state index contributed by atoms with van der Waals surface area (Å²) in [4.78, 5) is 27.6. The molecule has 5 rings (SSSR count). The van der Waals surface area contributed by atoms with Crippen LogP contribution in [-0.4, -0.2) is 35.0 Å². The number of urea groups is 1. The molecule has 3 aromatic carbocycles. The minimum Gasteiger partial charge on any atom is -0.369 e. The van der Waals surface area contributed by atoms with E-state index in [2.05, 4.69) is 41.6 Å². The number of halogens is 2. The van der Waals surface area contributed by atoms with Crippen molar-refractivity contribution in [1.29, 1.82) is 0 Å². The highest BCUT2D eigenvalue weighted by molar-refractivity contribution is 9.10. The maximum Gasteiger partial charge on any atom is 0.319 e. The van der Waals surface area contributed by atoms with Gasteiger partial charge in [0.1, 0.15) is 5.82 Å². The zero-order valence-corrected chi connectivity index (χ0v) is 24.0. The predicted molar refractivity (Wildman–Crippen MR) is 160 cm³/mol. The highest BCUT2D eigenvalue weighted by Crippen LogP contribution is 2.24. The fourth-order valence-electron chi connectivity index (χ4n) is 4.58. The van der Waals surface area contributed by atoms with Crippen molar-refractivity contribution in [2.75, 3.05) is 23.3 Å². The third-order valence-electron chi connectivity index (χ3n) is 6.69. The molecular formula is C30H32BrFN6O2. The van der Waals surface area contributed by atoms with Crippen molar-refractivity contribution < 1.29 is 14.0 Å². The molecule has 10 heteroatoms. The molecule has 0 radical (unpaired) electrons. The molecule has 1 saturated heterocycles. The number of benzene rings is 3. The zero-order valence-electron chi connectivity index (χ0n) is 22.4. The first-order valence-corrected chi connectivity index (χ1v) is 14.0. The second kappa shape index (κ2) is 14.4. The number of aliphatic imine (C=N–C) groups is 1. The van der Waals surface area contributed by atoms with Crippen molar-refractivity contribution in [1.82, 2.24) is 15.1 Å². The summed E-state index contributed by atoms with van der Waals surface area (Å²) in [5.41, 5.74) is 4.03. The smallest absolute Gasteiger partial charge is 0.319 e. The van der Waals surface area contributed by atoms with E-state index in [1.54, 1.807) is 10.9 Å². The number of aromatic nitrogens is 2. The number of hydrogen-bond acceptors (Lipinski definition) is 5. The first kappa shape index (κ1) is 29.0. The molecule has 40 heavy (non-hydrogen) atoms. The van der Waals surface area contributed by atoms with Crippen LogP contribution in [0.1, 0.15) is 36.8 Å². The monoisotopic (exact) mass is 606 g/mol. The van der Waals surface area contributed by atoms with E-state index in [9.17, 15) is 14.0 Å². The van der Waals surface area contributed by atoms with Gasteiger partial charge in [0.15, 0.2) is 0 Å². The van der Waals surface area contributed by atoms with Crippen molar-refractivity contribution in [2.24, 2.45) is 12.0 Å². The van der Waals surface area contributed by atoms with Crippen molar-refractivity contribution in [3.8, 4) is 0 Å². The van der Waals surface area contributed by atoms with Crippen LogP contribution in [0, 0.1) is 5.82 Å². The number of carbonyl (C=O) groups excluding carboxylic acids is 2. The van der Waals surface area contributed by atoms with Gasteiger partial charge in [-0.3, -0.25) is 4.68 Å². The number of aryl methyl sites for hydroxylation is 1. The number of rotatable bonds is 6. The second-order valence-electron chi connectivity index (χ2n) is 9.54. The minimum absolute atomic E-state index is 0.230. The van der Waals surface area contributed by atoms with Gasteiger partial charge in [-0.05, 0) is 60.4 Å². The van der Waals surface area contributed by atoms with Crippen molar-refractivity contribution in [2.45, 2.75) is 38.8 Å². The number of nitrogens with zero attached hydrogens (tertiary/aromatic N) is 4. The summed E-state index contributed by atoms with van der Waals surface area (Å²) in [5.74, 6) is -0.230. The van der Waals surface area contributed by atoms with Gasteiger partial charge in [-0.25, -0.2) is 19.0 Å². The van der Waals surface area contributed by atoms with E-state index in [-0.39, 0.29) is 18.4 Å². The maximum atomic E-state index is 14.6. The molecule has 2 heterocycles. The lowest BCUT2D eigenvalue weighted by atomic mass is 10.1. The van der Waals surface area contributed by atoms with Crippen LogP contribution in [-0.2, 0) is 24.9 Å². The molecule has 1 aliphatic rings. The Hall–Kier alpha value is -4.01. The highest BCUT2D eigenvalue weighted by Gasteiger charge is 2.14. The van der Waals surface area contributed by atoms with Crippen LogP contribution >= 0.6 is 15.9 Å². The largest absolute Gasteiger partial charge is 0.369 e. The van der Waals surface area contributed by atoms with Gasteiger partial charge in [0.25, 0.3) is 0 Å². The number of isocyanates is 1. The molecule has 0 unspecified atom stereocenters. The highest BCUT2D eigenvalue weighted by atomic mass is 79.9. The summed E-state index contributed by atoms with van der Waals surface area (Å²) in [5, 5.41) is 10.7. The van der Waals surface area contributed by atoms with E-state index in [0.717, 1.165) is 52.4 Å². The molecule has 4 aromatic rings. The Kier molecular flexibility index (Phi) is 10.4.